The summed E-state index contributed by atoms with van der Waals surface area (Å²) in [6, 6.07) is 21.6. The first-order chi connectivity index (χ1) is 14.0. The van der Waals surface area contributed by atoms with E-state index in [1.54, 1.807) is 0 Å². The van der Waals surface area contributed by atoms with Crippen molar-refractivity contribution < 1.29 is 8.98 Å². The Hall–Kier alpha value is -3.13. The van der Waals surface area contributed by atoms with Crippen molar-refractivity contribution in [2.45, 2.75) is 27.2 Å². The van der Waals surface area contributed by atoms with Gasteiger partial charge in [-0.1, -0.05) is 56.3 Å². The Labute approximate surface area is 171 Å². The van der Waals surface area contributed by atoms with Crippen molar-refractivity contribution in [1.29, 1.82) is 0 Å². The lowest BCUT2D eigenvalue weighted by atomic mass is 9.92. The molecule has 2 heteroatoms. The zero-order chi connectivity index (χ0) is 20.1. The molecule has 0 spiro atoms. The van der Waals surface area contributed by atoms with Gasteiger partial charge in [-0.25, -0.2) is 4.57 Å². The number of hydrogen-bond acceptors (Lipinski definition) is 1. The van der Waals surface area contributed by atoms with Gasteiger partial charge >= 0.3 is 0 Å². The predicted molar refractivity (Wildman–Crippen MR) is 121 cm³/mol. The molecule has 5 rings (SSSR count). The average Bonchev–Trinajstić information content (AvgIpc) is 3.09. The summed E-state index contributed by atoms with van der Waals surface area (Å²) in [5.41, 5.74) is 6.97. The highest BCUT2D eigenvalue weighted by atomic mass is 16.3. The van der Waals surface area contributed by atoms with E-state index >= 15 is 0 Å². The van der Waals surface area contributed by atoms with Crippen LogP contribution in [0.5, 0.6) is 0 Å². The fraction of sp³-hybridized carbons (Fsp3) is 0.222. The molecule has 0 fully saturated rings. The fourth-order valence-electron chi connectivity index (χ4n) is 4.59. The molecular formula is C27H26NO+. The number of rotatable bonds is 3. The normalized spacial score (nSPS) is 11.9. The molecular weight excluding hydrogens is 354 g/mol. The second-order valence-corrected chi connectivity index (χ2v) is 8.48. The maximum atomic E-state index is 6.49. The lowest BCUT2D eigenvalue weighted by molar-refractivity contribution is -0.660. The van der Waals surface area contributed by atoms with Crippen LogP contribution < -0.4 is 4.57 Å². The molecule has 0 radical (unpaired) electrons. The number of fused-ring (bicyclic) bond motifs is 5. The van der Waals surface area contributed by atoms with E-state index in [4.69, 9.17) is 4.42 Å². The summed E-state index contributed by atoms with van der Waals surface area (Å²) in [6.07, 6.45) is 3.25. The Morgan fingerprint density at radius 1 is 0.897 bits per heavy atom. The summed E-state index contributed by atoms with van der Waals surface area (Å²) >= 11 is 0. The van der Waals surface area contributed by atoms with Crippen LogP contribution in [0.2, 0.25) is 0 Å². The molecule has 5 aromatic rings. The summed E-state index contributed by atoms with van der Waals surface area (Å²) in [4.78, 5) is 0. The maximum Gasteiger partial charge on any atom is 0.216 e. The van der Waals surface area contributed by atoms with Crippen LogP contribution in [0.15, 0.2) is 71.3 Å². The summed E-state index contributed by atoms with van der Waals surface area (Å²) in [5, 5.41) is 4.94. The third kappa shape index (κ3) is 2.82. The van der Waals surface area contributed by atoms with Crippen LogP contribution >= 0.6 is 0 Å². The van der Waals surface area contributed by atoms with Gasteiger partial charge in [0.1, 0.15) is 18.2 Å². The third-order valence-corrected chi connectivity index (χ3v) is 5.91. The van der Waals surface area contributed by atoms with Gasteiger partial charge in [0.05, 0.1) is 5.56 Å². The van der Waals surface area contributed by atoms with E-state index in [0.29, 0.717) is 5.92 Å². The minimum atomic E-state index is 0.625. The number of aryl methyl sites for hydroxylation is 2. The number of aromatic nitrogens is 1. The fourth-order valence-corrected chi connectivity index (χ4v) is 4.59. The molecule has 0 N–H and O–H groups in total. The van der Waals surface area contributed by atoms with Gasteiger partial charge in [-0.15, -0.1) is 0 Å². The first-order valence-electron chi connectivity index (χ1n) is 10.4. The van der Waals surface area contributed by atoms with E-state index in [0.717, 1.165) is 17.6 Å². The first-order valence-corrected chi connectivity index (χ1v) is 10.4. The van der Waals surface area contributed by atoms with Gasteiger partial charge in [0.15, 0.2) is 6.20 Å². The zero-order valence-electron chi connectivity index (χ0n) is 17.5. The molecule has 0 atom stereocenters. The van der Waals surface area contributed by atoms with Crippen LogP contribution in [0.4, 0.5) is 0 Å². The van der Waals surface area contributed by atoms with E-state index in [1.807, 2.05) is 6.07 Å². The van der Waals surface area contributed by atoms with Crippen molar-refractivity contribution >= 4 is 32.7 Å². The Kier molecular flexibility index (Phi) is 4.16. The number of nitrogens with zero attached hydrogens (tertiary/aromatic N) is 1. The van der Waals surface area contributed by atoms with Crippen LogP contribution in [0.3, 0.4) is 0 Å². The highest BCUT2D eigenvalue weighted by molar-refractivity contribution is 6.23. The van der Waals surface area contributed by atoms with Crippen LogP contribution in [-0.2, 0) is 13.5 Å². The molecule has 0 unspecified atom stereocenters. The highest BCUT2D eigenvalue weighted by Gasteiger charge is 2.24. The van der Waals surface area contributed by atoms with Gasteiger partial charge in [0.25, 0.3) is 0 Å². The topological polar surface area (TPSA) is 17.0 Å². The SMILES string of the molecule is Cc1c(-c2cc(CC(C)C)cc[n+]2C)c2oc3ccccc3c2c2ccccc12. The van der Waals surface area contributed by atoms with E-state index in [9.17, 15) is 0 Å². The van der Waals surface area contributed by atoms with Crippen LogP contribution in [0, 0.1) is 12.8 Å². The maximum absolute atomic E-state index is 6.49. The van der Waals surface area contributed by atoms with Crippen LogP contribution in [0.25, 0.3) is 44.0 Å². The molecule has 3 aromatic carbocycles. The van der Waals surface area contributed by atoms with E-state index in [1.165, 1.54) is 43.9 Å². The van der Waals surface area contributed by atoms with Gasteiger partial charge < -0.3 is 4.42 Å². The van der Waals surface area contributed by atoms with Crippen molar-refractivity contribution in [1.82, 2.24) is 0 Å². The molecule has 2 nitrogen and oxygen atoms in total. The Morgan fingerprint density at radius 3 is 2.34 bits per heavy atom. The van der Waals surface area contributed by atoms with Crippen LogP contribution in [-0.4, -0.2) is 0 Å². The molecule has 144 valence electrons. The lowest BCUT2D eigenvalue weighted by Crippen LogP contribution is -2.31. The molecule has 0 amide bonds. The van der Waals surface area contributed by atoms with Gasteiger partial charge in [0.2, 0.25) is 5.69 Å². The monoisotopic (exact) mass is 380 g/mol. The molecule has 0 aliphatic heterocycles. The zero-order valence-corrected chi connectivity index (χ0v) is 17.5. The molecule has 0 saturated heterocycles. The second kappa shape index (κ2) is 6.73. The molecule has 2 aromatic heterocycles. The predicted octanol–water partition coefficient (Wildman–Crippen LogP) is 6.74. The molecule has 2 heterocycles. The summed E-state index contributed by atoms with van der Waals surface area (Å²) < 4.78 is 8.71. The van der Waals surface area contributed by atoms with Gasteiger partial charge in [-0.05, 0) is 47.2 Å². The highest BCUT2D eigenvalue weighted by Crippen LogP contribution is 2.42. The molecule has 29 heavy (non-hydrogen) atoms. The van der Waals surface area contributed by atoms with E-state index in [2.05, 4.69) is 93.2 Å². The molecule has 0 aliphatic rings. The Balaban J connectivity index is 1.95. The summed E-state index contributed by atoms with van der Waals surface area (Å²) in [6.45, 7) is 6.76. The van der Waals surface area contributed by atoms with Crippen molar-refractivity contribution in [3.05, 3.63) is 78.0 Å². The number of benzene rings is 3. The molecule has 0 saturated carbocycles. The van der Waals surface area contributed by atoms with Crippen molar-refractivity contribution in [2.24, 2.45) is 13.0 Å². The minimum Gasteiger partial charge on any atom is -0.455 e. The second-order valence-electron chi connectivity index (χ2n) is 8.48. The van der Waals surface area contributed by atoms with Crippen molar-refractivity contribution in [3.8, 4) is 11.3 Å². The molecule has 0 bridgehead atoms. The summed E-state index contributed by atoms with van der Waals surface area (Å²) in [5.74, 6) is 0.625. The summed E-state index contributed by atoms with van der Waals surface area (Å²) in [7, 11) is 2.12. The lowest BCUT2D eigenvalue weighted by Gasteiger charge is -2.12. The number of para-hydroxylation sites is 1. The quantitative estimate of drug-likeness (QED) is 0.317. The number of furan rings is 1. The first kappa shape index (κ1) is 17.9. The van der Waals surface area contributed by atoms with Gasteiger partial charge in [-0.2, -0.15) is 0 Å². The smallest absolute Gasteiger partial charge is 0.216 e. The van der Waals surface area contributed by atoms with Gasteiger partial charge in [0, 0.05) is 22.9 Å². The van der Waals surface area contributed by atoms with Crippen molar-refractivity contribution in [3.63, 3.8) is 0 Å². The number of hydrogen-bond donors (Lipinski definition) is 0. The van der Waals surface area contributed by atoms with E-state index < -0.39 is 0 Å². The Morgan fingerprint density at radius 2 is 1.59 bits per heavy atom. The van der Waals surface area contributed by atoms with Gasteiger partial charge in [-0.3, -0.25) is 0 Å². The number of pyridine rings is 1. The minimum absolute atomic E-state index is 0.625. The molecule has 0 aliphatic carbocycles. The average molecular weight is 381 g/mol. The largest absolute Gasteiger partial charge is 0.455 e. The standard InChI is InChI=1S/C27H26NO/c1-17(2)15-19-13-14-28(4)23(16-19)25-18(3)20-9-5-6-10-21(20)26-22-11-7-8-12-24(22)29-27(25)26/h5-14,16-17H,15H2,1-4H3/q+1. The van der Waals surface area contributed by atoms with Crippen molar-refractivity contribution in [2.75, 3.05) is 0 Å². The van der Waals surface area contributed by atoms with E-state index in [-0.39, 0.29) is 0 Å². The third-order valence-electron chi connectivity index (χ3n) is 5.91. The van der Waals surface area contributed by atoms with Crippen LogP contribution in [0.1, 0.15) is 25.0 Å². The Bertz CT molecular complexity index is 1370.